The first-order valence-electron chi connectivity index (χ1n) is 4.33. The van der Waals surface area contributed by atoms with Gasteiger partial charge >= 0.3 is 0 Å². The summed E-state index contributed by atoms with van der Waals surface area (Å²) in [6.07, 6.45) is 3.63. The Morgan fingerprint density at radius 1 is 1.45 bits per heavy atom. The molecule has 0 amide bonds. The first-order valence-corrected chi connectivity index (χ1v) is 4.33. The maximum Gasteiger partial charge on any atom is 0.0482 e. The van der Waals surface area contributed by atoms with E-state index < -0.39 is 0 Å². The maximum absolute atomic E-state index is 9.05. The lowest BCUT2D eigenvalue weighted by Crippen LogP contribution is -2.34. The summed E-state index contributed by atoms with van der Waals surface area (Å²) in [5.74, 6) is 0. The number of aliphatic hydroxyl groups excluding tert-OH is 1. The second-order valence-electron chi connectivity index (χ2n) is 4.53. The lowest BCUT2D eigenvalue weighted by molar-refractivity contribution is 0.134. The van der Waals surface area contributed by atoms with Crippen molar-refractivity contribution in [2.75, 3.05) is 13.7 Å². The third-order valence-corrected chi connectivity index (χ3v) is 2.63. The smallest absolute Gasteiger partial charge is 0.0482 e. The van der Waals surface area contributed by atoms with E-state index in [1.54, 1.807) is 0 Å². The molecule has 1 aliphatic rings. The Balaban J connectivity index is 2.41. The molecule has 1 aliphatic carbocycles. The van der Waals surface area contributed by atoms with Gasteiger partial charge in [-0.1, -0.05) is 13.8 Å². The van der Waals surface area contributed by atoms with Crippen molar-refractivity contribution in [3.05, 3.63) is 0 Å². The first-order chi connectivity index (χ1) is 5.04. The Morgan fingerprint density at radius 3 is 2.27 bits per heavy atom. The highest BCUT2D eigenvalue weighted by atomic mass is 16.3. The predicted octanol–water partition coefficient (Wildman–Crippen LogP) is 1.15. The molecule has 66 valence electrons. The molecule has 0 aliphatic heterocycles. The molecule has 2 heteroatoms. The minimum Gasteiger partial charge on any atom is -0.396 e. The lowest BCUT2D eigenvalue weighted by atomic mass is 9.85. The van der Waals surface area contributed by atoms with Crippen molar-refractivity contribution in [2.45, 2.75) is 38.6 Å². The Hall–Kier alpha value is -0.0800. The highest BCUT2D eigenvalue weighted by Crippen LogP contribution is 2.44. The Morgan fingerprint density at radius 2 is 2.00 bits per heavy atom. The van der Waals surface area contributed by atoms with Crippen LogP contribution in [0, 0.1) is 5.41 Å². The molecule has 1 saturated carbocycles. The van der Waals surface area contributed by atoms with Gasteiger partial charge in [0.25, 0.3) is 0 Å². The van der Waals surface area contributed by atoms with Gasteiger partial charge in [-0.15, -0.1) is 0 Å². The molecule has 0 aromatic carbocycles. The van der Waals surface area contributed by atoms with Crippen molar-refractivity contribution in [3.8, 4) is 0 Å². The zero-order valence-electron chi connectivity index (χ0n) is 7.78. The second-order valence-corrected chi connectivity index (χ2v) is 4.53. The summed E-state index contributed by atoms with van der Waals surface area (Å²) in [6.45, 7) is 4.52. The summed E-state index contributed by atoms with van der Waals surface area (Å²) in [5, 5.41) is 12.4. The van der Waals surface area contributed by atoms with Crippen LogP contribution in [0.3, 0.4) is 0 Å². The van der Waals surface area contributed by atoms with E-state index in [9.17, 15) is 0 Å². The molecule has 0 spiro atoms. The Kier molecular flexibility index (Phi) is 2.26. The van der Waals surface area contributed by atoms with Crippen molar-refractivity contribution in [2.24, 2.45) is 5.41 Å². The van der Waals surface area contributed by atoms with Gasteiger partial charge < -0.3 is 10.4 Å². The number of rotatable bonds is 4. The van der Waals surface area contributed by atoms with Gasteiger partial charge in [0.15, 0.2) is 0 Å². The Labute approximate surface area is 69.0 Å². The van der Waals surface area contributed by atoms with Crippen LogP contribution < -0.4 is 5.32 Å². The molecule has 0 aromatic rings. The molecule has 11 heavy (non-hydrogen) atoms. The average Bonchev–Trinajstić information content (AvgIpc) is 2.69. The molecular formula is C9H19NO. The summed E-state index contributed by atoms with van der Waals surface area (Å²) >= 11 is 0. The molecule has 0 bridgehead atoms. The van der Waals surface area contributed by atoms with Crippen LogP contribution in [-0.2, 0) is 0 Å². The quantitative estimate of drug-likeness (QED) is 0.641. The van der Waals surface area contributed by atoms with Crippen LogP contribution >= 0.6 is 0 Å². The molecule has 2 nitrogen and oxygen atoms in total. The Bertz CT molecular complexity index is 134. The molecule has 1 rings (SSSR count). The molecule has 0 saturated heterocycles. The largest absolute Gasteiger partial charge is 0.396 e. The normalized spacial score (nSPS) is 21.8. The average molecular weight is 157 g/mol. The van der Waals surface area contributed by atoms with Crippen molar-refractivity contribution >= 4 is 0 Å². The van der Waals surface area contributed by atoms with Crippen LogP contribution in [0.4, 0.5) is 0 Å². The molecule has 0 unspecified atom stereocenters. The minimum atomic E-state index is 0.0828. The van der Waals surface area contributed by atoms with E-state index >= 15 is 0 Å². The first kappa shape index (κ1) is 9.01. The van der Waals surface area contributed by atoms with E-state index in [0.29, 0.717) is 5.54 Å². The summed E-state index contributed by atoms with van der Waals surface area (Å²) < 4.78 is 0. The van der Waals surface area contributed by atoms with Crippen molar-refractivity contribution in [1.82, 2.24) is 5.32 Å². The van der Waals surface area contributed by atoms with Gasteiger partial charge in [0.2, 0.25) is 0 Å². The molecule has 2 N–H and O–H groups in total. The summed E-state index contributed by atoms with van der Waals surface area (Å²) in [7, 11) is 2.01. The van der Waals surface area contributed by atoms with Crippen molar-refractivity contribution in [3.63, 3.8) is 0 Å². The highest BCUT2D eigenvalue weighted by Gasteiger charge is 2.44. The van der Waals surface area contributed by atoms with Gasteiger partial charge in [0.1, 0.15) is 0 Å². The number of hydrogen-bond donors (Lipinski definition) is 2. The van der Waals surface area contributed by atoms with Gasteiger partial charge in [-0.2, -0.15) is 0 Å². The molecule has 1 fully saturated rings. The van der Waals surface area contributed by atoms with E-state index in [1.165, 1.54) is 12.8 Å². The fraction of sp³-hybridized carbons (Fsp3) is 1.00. The molecule has 0 radical (unpaired) electrons. The molecular weight excluding hydrogens is 138 g/mol. The molecule has 0 heterocycles. The van der Waals surface area contributed by atoms with E-state index in [-0.39, 0.29) is 12.0 Å². The lowest BCUT2D eigenvalue weighted by Gasteiger charge is -2.27. The monoisotopic (exact) mass is 157 g/mol. The van der Waals surface area contributed by atoms with E-state index in [2.05, 4.69) is 19.2 Å². The maximum atomic E-state index is 9.05. The van der Waals surface area contributed by atoms with Crippen LogP contribution in [0.5, 0.6) is 0 Å². The van der Waals surface area contributed by atoms with Crippen molar-refractivity contribution in [1.29, 1.82) is 0 Å². The van der Waals surface area contributed by atoms with Crippen LogP contribution in [0.2, 0.25) is 0 Å². The summed E-state index contributed by atoms with van der Waals surface area (Å²) in [5.41, 5.74) is 0.450. The van der Waals surface area contributed by atoms with E-state index in [0.717, 1.165) is 6.42 Å². The van der Waals surface area contributed by atoms with Gasteiger partial charge in [0.05, 0.1) is 0 Å². The number of hydrogen-bond acceptors (Lipinski definition) is 2. The predicted molar refractivity (Wildman–Crippen MR) is 46.5 cm³/mol. The van der Waals surface area contributed by atoms with Crippen LogP contribution in [-0.4, -0.2) is 24.3 Å². The van der Waals surface area contributed by atoms with Crippen LogP contribution in [0.1, 0.15) is 33.1 Å². The summed E-state index contributed by atoms with van der Waals surface area (Å²) in [6, 6.07) is 0. The van der Waals surface area contributed by atoms with Gasteiger partial charge in [-0.05, 0) is 31.7 Å². The van der Waals surface area contributed by atoms with Gasteiger partial charge in [0, 0.05) is 12.1 Å². The second kappa shape index (κ2) is 2.76. The summed E-state index contributed by atoms with van der Waals surface area (Å²) in [4.78, 5) is 0. The third kappa shape index (κ3) is 2.17. The van der Waals surface area contributed by atoms with Crippen LogP contribution in [0.25, 0.3) is 0 Å². The minimum absolute atomic E-state index is 0.0828. The topological polar surface area (TPSA) is 32.3 Å². The fourth-order valence-corrected chi connectivity index (χ4v) is 1.64. The highest BCUT2D eigenvalue weighted by molar-refractivity contribution is 5.03. The van der Waals surface area contributed by atoms with Gasteiger partial charge in [-0.3, -0.25) is 0 Å². The van der Waals surface area contributed by atoms with E-state index in [4.69, 9.17) is 5.11 Å². The number of aliphatic hydroxyl groups is 1. The molecule has 0 aromatic heterocycles. The van der Waals surface area contributed by atoms with E-state index in [1.807, 2.05) is 7.05 Å². The zero-order valence-corrected chi connectivity index (χ0v) is 7.78. The van der Waals surface area contributed by atoms with Crippen LogP contribution in [0.15, 0.2) is 0 Å². The standard InChI is InChI=1S/C9H19NO/c1-8(2,7-11)6-9(10-3)4-5-9/h10-11H,4-7H2,1-3H3. The van der Waals surface area contributed by atoms with Crippen molar-refractivity contribution < 1.29 is 5.11 Å². The number of nitrogens with one attached hydrogen (secondary N) is 1. The zero-order chi connectivity index (χ0) is 8.54. The van der Waals surface area contributed by atoms with Gasteiger partial charge in [-0.25, -0.2) is 0 Å². The fourth-order valence-electron chi connectivity index (χ4n) is 1.64. The molecule has 0 atom stereocenters. The third-order valence-electron chi connectivity index (χ3n) is 2.63. The SMILES string of the molecule is CNC1(CC(C)(C)CO)CC1.